The fourth-order valence-electron chi connectivity index (χ4n) is 1.90. The maximum Gasteiger partial charge on any atom is 0.311 e. The van der Waals surface area contributed by atoms with E-state index in [1.54, 1.807) is 19.1 Å². The van der Waals surface area contributed by atoms with Crippen LogP contribution in [-0.2, 0) is 10.0 Å². The predicted molar refractivity (Wildman–Crippen MR) is 80.7 cm³/mol. The molecule has 1 aromatic carbocycles. The van der Waals surface area contributed by atoms with E-state index in [1.807, 2.05) is 0 Å². The molecule has 0 bridgehead atoms. The number of nitrogens with one attached hydrogen (secondary N) is 1. The summed E-state index contributed by atoms with van der Waals surface area (Å²) in [5, 5.41) is 18.9. The number of anilines is 1. The summed E-state index contributed by atoms with van der Waals surface area (Å²) in [4.78, 5) is 14.3. The van der Waals surface area contributed by atoms with Crippen LogP contribution in [0.15, 0.2) is 47.5 Å². The van der Waals surface area contributed by atoms with Crippen molar-refractivity contribution < 1.29 is 13.3 Å². The van der Waals surface area contributed by atoms with Crippen molar-refractivity contribution in [3.63, 3.8) is 0 Å². The van der Waals surface area contributed by atoms with Crippen LogP contribution in [-0.4, -0.2) is 18.3 Å². The summed E-state index contributed by atoms with van der Waals surface area (Å²) in [6, 6.07) is 8.46. The first-order valence-corrected chi connectivity index (χ1v) is 7.82. The van der Waals surface area contributed by atoms with Crippen LogP contribution < -0.4 is 10.5 Å². The summed E-state index contributed by atoms with van der Waals surface area (Å²) in [6.45, 7) is 1.74. The van der Waals surface area contributed by atoms with E-state index in [4.69, 9.17) is 5.14 Å². The molecule has 0 aliphatic carbocycles. The Morgan fingerprint density at radius 3 is 2.68 bits per heavy atom. The lowest BCUT2D eigenvalue weighted by Crippen LogP contribution is -2.14. The number of benzene rings is 1. The molecular formula is C13H14N4O4S. The molecule has 9 heteroatoms. The first kappa shape index (κ1) is 15.9. The quantitative estimate of drug-likeness (QED) is 0.638. The predicted octanol–water partition coefficient (Wildman–Crippen LogP) is 1.81. The van der Waals surface area contributed by atoms with Crippen molar-refractivity contribution in [3.8, 4) is 0 Å². The van der Waals surface area contributed by atoms with E-state index >= 15 is 0 Å². The van der Waals surface area contributed by atoms with Gasteiger partial charge in [0.25, 0.3) is 0 Å². The maximum atomic E-state index is 11.4. The van der Waals surface area contributed by atoms with Gasteiger partial charge in [-0.3, -0.25) is 10.1 Å². The molecule has 1 unspecified atom stereocenters. The smallest absolute Gasteiger partial charge is 0.311 e. The van der Waals surface area contributed by atoms with Crippen molar-refractivity contribution >= 4 is 21.5 Å². The zero-order chi connectivity index (χ0) is 16.3. The Bertz CT molecular complexity index is 807. The number of hydrogen-bond donors (Lipinski definition) is 2. The molecule has 116 valence electrons. The average molecular weight is 322 g/mol. The van der Waals surface area contributed by atoms with Crippen molar-refractivity contribution in [2.75, 3.05) is 5.32 Å². The minimum absolute atomic E-state index is 0.0193. The summed E-state index contributed by atoms with van der Waals surface area (Å²) >= 11 is 0. The van der Waals surface area contributed by atoms with Gasteiger partial charge in [-0.1, -0.05) is 12.1 Å². The summed E-state index contributed by atoms with van der Waals surface area (Å²) in [6.07, 6.45) is 1.43. The lowest BCUT2D eigenvalue weighted by molar-refractivity contribution is -0.384. The van der Waals surface area contributed by atoms with E-state index in [0.29, 0.717) is 5.56 Å². The lowest BCUT2D eigenvalue weighted by atomic mass is 10.1. The van der Waals surface area contributed by atoms with Crippen molar-refractivity contribution in [2.45, 2.75) is 17.9 Å². The Kier molecular flexibility index (Phi) is 4.38. The summed E-state index contributed by atoms with van der Waals surface area (Å²) in [5.74, 6) is 0.112. The largest absolute Gasteiger partial charge is 0.358 e. The average Bonchev–Trinajstić information content (AvgIpc) is 2.47. The van der Waals surface area contributed by atoms with Crippen molar-refractivity contribution in [1.82, 2.24) is 4.98 Å². The van der Waals surface area contributed by atoms with E-state index in [9.17, 15) is 18.5 Å². The van der Waals surface area contributed by atoms with E-state index in [0.717, 1.165) is 0 Å². The normalized spacial score (nSPS) is 12.6. The Hall–Kier alpha value is -2.52. The second-order valence-corrected chi connectivity index (χ2v) is 6.17. The lowest BCUT2D eigenvalue weighted by Gasteiger charge is -2.15. The van der Waals surface area contributed by atoms with Gasteiger partial charge in [0.05, 0.1) is 15.9 Å². The molecule has 0 aliphatic heterocycles. The first-order chi connectivity index (χ1) is 10.3. The van der Waals surface area contributed by atoms with E-state index in [-0.39, 0.29) is 16.4 Å². The topological polar surface area (TPSA) is 128 Å². The molecule has 1 atom stereocenters. The fraction of sp³-hybridized carbons (Fsp3) is 0.154. The van der Waals surface area contributed by atoms with Gasteiger partial charge in [0.1, 0.15) is 0 Å². The molecular weight excluding hydrogens is 308 g/mol. The molecule has 3 N–H and O–H groups in total. The molecule has 0 amide bonds. The van der Waals surface area contributed by atoms with Crippen LogP contribution in [0.2, 0.25) is 0 Å². The van der Waals surface area contributed by atoms with Gasteiger partial charge >= 0.3 is 5.69 Å². The minimum atomic E-state index is -3.80. The molecule has 22 heavy (non-hydrogen) atoms. The number of nitrogens with zero attached hydrogens (tertiary/aromatic N) is 2. The third-order valence-electron chi connectivity index (χ3n) is 3.02. The molecule has 0 saturated heterocycles. The van der Waals surface area contributed by atoms with Crippen LogP contribution in [0.1, 0.15) is 18.5 Å². The molecule has 2 aromatic rings. The third-order valence-corrected chi connectivity index (χ3v) is 3.93. The number of sulfonamides is 1. The van der Waals surface area contributed by atoms with Crippen LogP contribution in [0.4, 0.5) is 11.5 Å². The van der Waals surface area contributed by atoms with E-state index < -0.39 is 21.0 Å². The molecule has 8 nitrogen and oxygen atoms in total. The molecule has 0 saturated carbocycles. The highest BCUT2D eigenvalue weighted by molar-refractivity contribution is 7.89. The van der Waals surface area contributed by atoms with Crippen molar-refractivity contribution in [1.29, 1.82) is 0 Å². The molecule has 0 aliphatic rings. The molecule has 2 rings (SSSR count). The zero-order valence-corrected chi connectivity index (χ0v) is 12.4. The zero-order valence-electron chi connectivity index (χ0n) is 11.6. The standard InChI is InChI=1S/C13H14N4O4S/c1-9(10-4-2-5-11(8-10)22(14,20)21)16-13-12(17(18)19)6-3-7-15-13/h2-9H,1H3,(H,15,16)(H2,14,20,21). The number of pyridine rings is 1. The number of aromatic nitrogens is 1. The van der Waals surface area contributed by atoms with Gasteiger partial charge in [0.15, 0.2) is 0 Å². The maximum absolute atomic E-state index is 11.4. The van der Waals surface area contributed by atoms with Gasteiger partial charge in [0, 0.05) is 12.3 Å². The Morgan fingerprint density at radius 1 is 1.32 bits per heavy atom. The Morgan fingerprint density at radius 2 is 2.05 bits per heavy atom. The highest BCUT2D eigenvalue weighted by atomic mass is 32.2. The van der Waals surface area contributed by atoms with Gasteiger partial charge in [-0.15, -0.1) is 0 Å². The Labute approximate surface area is 127 Å². The van der Waals surface area contributed by atoms with Crippen LogP contribution in [0, 0.1) is 10.1 Å². The van der Waals surface area contributed by atoms with Gasteiger partial charge in [0.2, 0.25) is 15.8 Å². The van der Waals surface area contributed by atoms with Crippen LogP contribution >= 0.6 is 0 Å². The fourth-order valence-corrected chi connectivity index (χ4v) is 2.47. The third kappa shape index (κ3) is 3.57. The van der Waals surface area contributed by atoms with Crippen molar-refractivity contribution in [2.24, 2.45) is 5.14 Å². The minimum Gasteiger partial charge on any atom is -0.358 e. The Balaban J connectivity index is 2.31. The van der Waals surface area contributed by atoms with Crippen LogP contribution in [0.3, 0.4) is 0 Å². The second kappa shape index (κ2) is 6.08. The van der Waals surface area contributed by atoms with Gasteiger partial charge in [-0.25, -0.2) is 18.5 Å². The number of nitrogens with two attached hydrogens (primary N) is 1. The van der Waals surface area contributed by atoms with E-state index in [2.05, 4.69) is 10.3 Å². The number of rotatable bonds is 5. The number of nitro groups is 1. The summed E-state index contributed by atoms with van der Waals surface area (Å²) in [5.41, 5.74) is 0.462. The molecule has 0 radical (unpaired) electrons. The molecule has 0 fully saturated rings. The van der Waals surface area contributed by atoms with Gasteiger partial charge in [-0.05, 0) is 30.7 Å². The van der Waals surface area contributed by atoms with Crippen molar-refractivity contribution in [3.05, 3.63) is 58.3 Å². The SMILES string of the molecule is CC(Nc1ncccc1[N+](=O)[O-])c1cccc(S(N)(=O)=O)c1. The summed E-state index contributed by atoms with van der Waals surface area (Å²) < 4.78 is 22.7. The van der Waals surface area contributed by atoms with Crippen LogP contribution in [0.5, 0.6) is 0 Å². The van der Waals surface area contributed by atoms with Crippen LogP contribution in [0.25, 0.3) is 0 Å². The van der Waals surface area contributed by atoms with Gasteiger partial charge in [-0.2, -0.15) is 0 Å². The number of primary sulfonamides is 1. The molecule has 1 aromatic heterocycles. The molecule has 0 spiro atoms. The highest BCUT2D eigenvalue weighted by Gasteiger charge is 2.17. The number of hydrogen-bond acceptors (Lipinski definition) is 6. The van der Waals surface area contributed by atoms with E-state index in [1.165, 1.54) is 30.5 Å². The second-order valence-electron chi connectivity index (χ2n) is 4.61. The summed E-state index contributed by atoms with van der Waals surface area (Å²) in [7, 11) is -3.80. The monoisotopic (exact) mass is 322 g/mol. The van der Waals surface area contributed by atoms with Gasteiger partial charge < -0.3 is 5.32 Å². The first-order valence-electron chi connectivity index (χ1n) is 6.28. The highest BCUT2D eigenvalue weighted by Crippen LogP contribution is 2.26. The molecule has 1 heterocycles.